The van der Waals surface area contributed by atoms with Gasteiger partial charge in [0.15, 0.2) is 5.82 Å². The Balaban J connectivity index is 1.85. The van der Waals surface area contributed by atoms with Crippen LogP contribution in [0.4, 0.5) is 14.6 Å². The van der Waals surface area contributed by atoms with Gasteiger partial charge in [-0.05, 0) is 61.9 Å². The summed E-state index contributed by atoms with van der Waals surface area (Å²) in [6.07, 6.45) is 3.44. The number of aromatic nitrogens is 2. The number of nitrogens with one attached hydrogen (secondary N) is 1. The fraction of sp³-hybridized carbons (Fsp3) is 0.136. The van der Waals surface area contributed by atoms with E-state index in [1.54, 1.807) is 24.3 Å². The first-order valence-corrected chi connectivity index (χ1v) is 8.73. The third-order valence-corrected chi connectivity index (χ3v) is 3.90. The molecule has 1 aromatic heterocycles. The van der Waals surface area contributed by atoms with Gasteiger partial charge in [-0.25, -0.2) is 18.7 Å². The zero-order valence-corrected chi connectivity index (χ0v) is 15.5. The Hall–Kier alpha value is -3.41. The van der Waals surface area contributed by atoms with Gasteiger partial charge in [0.1, 0.15) is 17.3 Å². The summed E-state index contributed by atoms with van der Waals surface area (Å²) < 4.78 is 26.1. The Morgan fingerprint density at radius 1 is 1.00 bits per heavy atom. The number of halogens is 2. The van der Waals surface area contributed by atoms with Crippen molar-refractivity contribution < 1.29 is 13.6 Å². The molecule has 0 aliphatic heterocycles. The second kappa shape index (κ2) is 8.52. The molecule has 0 atom stereocenters. The summed E-state index contributed by atoms with van der Waals surface area (Å²) in [7, 11) is 0. The highest BCUT2D eigenvalue weighted by Crippen LogP contribution is 2.22. The van der Waals surface area contributed by atoms with E-state index in [-0.39, 0.29) is 24.0 Å². The Bertz CT molecular complexity index is 1010. The lowest BCUT2D eigenvalue weighted by Crippen LogP contribution is -2.16. The molecular formula is C22H19F2N3O. The minimum absolute atomic E-state index is 0.0932. The number of carbonyl (C=O) groups excluding carboxylic acids is 1. The first-order chi connectivity index (χ1) is 13.4. The van der Waals surface area contributed by atoms with Gasteiger partial charge in [0.05, 0.1) is 18.3 Å². The number of amides is 1. The van der Waals surface area contributed by atoms with E-state index in [9.17, 15) is 13.6 Å². The molecule has 0 fully saturated rings. The van der Waals surface area contributed by atoms with Gasteiger partial charge in [0.25, 0.3) is 0 Å². The lowest BCUT2D eigenvalue weighted by atomic mass is 10.1. The molecule has 0 unspecified atom stereocenters. The van der Waals surface area contributed by atoms with E-state index >= 15 is 0 Å². The van der Waals surface area contributed by atoms with Gasteiger partial charge < -0.3 is 5.32 Å². The molecule has 0 radical (unpaired) electrons. The van der Waals surface area contributed by atoms with Crippen molar-refractivity contribution in [2.75, 3.05) is 5.32 Å². The molecule has 3 rings (SSSR count). The van der Waals surface area contributed by atoms with Crippen LogP contribution < -0.4 is 5.32 Å². The third-order valence-electron chi connectivity index (χ3n) is 3.90. The van der Waals surface area contributed by atoms with E-state index in [4.69, 9.17) is 0 Å². The van der Waals surface area contributed by atoms with Crippen molar-refractivity contribution in [2.45, 2.75) is 20.3 Å². The summed E-state index contributed by atoms with van der Waals surface area (Å²) in [6.45, 7) is 3.83. The first-order valence-electron chi connectivity index (χ1n) is 8.73. The number of allylic oxidation sites excluding steroid dienone is 1. The molecule has 0 saturated carbocycles. The predicted octanol–water partition coefficient (Wildman–Crippen LogP) is 5.03. The van der Waals surface area contributed by atoms with E-state index in [1.165, 1.54) is 30.5 Å². The molecule has 142 valence electrons. The van der Waals surface area contributed by atoms with Gasteiger partial charge in [-0.2, -0.15) is 0 Å². The normalized spacial score (nSPS) is 10.4. The summed E-state index contributed by atoms with van der Waals surface area (Å²) in [4.78, 5) is 21.3. The number of rotatable bonds is 5. The molecule has 0 saturated heterocycles. The van der Waals surface area contributed by atoms with Crippen molar-refractivity contribution in [3.8, 4) is 11.3 Å². The fourth-order valence-electron chi connectivity index (χ4n) is 2.60. The van der Waals surface area contributed by atoms with Crippen molar-refractivity contribution in [2.24, 2.45) is 0 Å². The quantitative estimate of drug-likeness (QED) is 0.677. The molecule has 0 bridgehead atoms. The number of carbonyl (C=O) groups is 1. The number of hydrogen-bond donors (Lipinski definition) is 1. The molecule has 1 N–H and O–H groups in total. The number of hydrogen-bond acceptors (Lipinski definition) is 3. The smallest absolute Gasteiger partial charge is 0.230 e. The van der Waals surface area contributed by atoms with Crippen LogP contribution in [0.15, 0.2) is 60.3 Å². The van der Waals surface area contributed by atoms with Gasteiger partial charge in [-0.1, -0.05) is 17.7 Å². The van der Waals surface area contributed by atoms with Crippen LogP contribution in [0, 0.1) is 11.6 Å². The summed E-state index contributed by atoms with van der Waals surface area (Å²) in [6, 6.07) is 11.7. The number of anilines is 1. The van der Waals surface area contributed by atoms with Gasteiger partial charge in [0, 0.05) is 5.56 Å². The Morgan fingerprint density at radius 3 is 2.21 bits per heavy atom. The highest BCUT2D eigenvalue weighted by Gasteiger charge is 2.12. The summed E-state index contributed by atoms with van der Waals surface area (Å²) in [5.41, 5.74) is 3.48. The molecule has 1 amide bonds. The minimum Gasteiger partial charge on any atom is -0.309 e. The molecule has 28 heavy (non-hydrogen) atoms. The molecule has 1 heterocycles. The zero-order valence-electron chi connectivity index (χ0n) is 15.5. The zero-order chi connectivity index (χ0) is 20.1. The summed E-state index contributed by atoms with van der Waals surface area (Å²) in [5, 5.41) is 2.76. The van der Waals surface area contributed by atoms with E-state index in [1.807, 2.05) is 19.9 Å². The van der Waals surface area contributed by atoms with Gasteiger partial charge >= 0.3 is 0 Å². The molecule has 2 aromatic carbocycles. The van der Waals surface area contributed by atoms with Gasteiger partial charge in [0.2, 0.25) is 5.91 Å². The number of benzene rings is 2. The third kappa shape index (κ3) is 5.07. The largest absolute Gasteiger partial charge is 0.309 e. The van der Waals surface area contributed by atoms with Crippen LogP contribution in [0.2, 0.25) is 0 Å². The minimum atomic E-state index is -0.350. The van der Waals surface area contributed by atoms with Crippen LogP contribution in [-0.2, 0) is 11.2 Å². The maximum absolute atomic E-state index is 13.1. The van der Waals surface area contributed by atoms with Crippen molar-refractivity contribution in [3.05, 3.63) is 83.2 Å². The van der Waals surface area contributed by atoms with Crippen LogP contribution >= 0.6 is 0 Å². The standard InChI is InChI=1S/C22H19F2N3O/c1-14(2)11-19-22(27-21(28)12-15-3-7-17(23)8-4-15)25-13-20(26-19)16-5-9-18(24)10-6-16/h3-11,13H,12H2,1-2H3,(H,25,27,28). The van der Waals surface area contributed by atoms with Crippen LogP contribution in [0.1, 0.15) is 25.1 Å². The molecule has 0 aliphatic rings. The molecule has 4 nitrogen and oxygen atoms in total. The number of nitrogens with zero attached hydrogens (tertiary/aromatic N) is 2. The van der Waals surface area contributed by atoms with Crippen LogP contribution in [0.5, 0.6) is 0 Å². The maximum Gasteiger partial charge on any atom is 0.230 e. The van der Waals surface area contributed by atoms with Crippen molar-refractivity contribution >= 4 is 17.8 Å². The maximum atomic E-state index is 13.1. The van der Waals surface area contributed by atoms with E-state index in [2.05, 4.69) is 15.3 Å². The Labute approximate surface area is 162 Å². The lowest BCUT2D eigenvalue weighted by molar-refractivity contribution is -0.115. The Morgan fingerprint density at radius 2 is 1.61 bits per heavy atom. The van der Waals surface area contributed by atoms with Gasteiger partial charge in [-0.3, -0.25) is 4.79 Å². The summed E-state index contributed by atoms with van der Waals surface area (Å²) >= 11 is 0. The average molecular weight is 379 g/mol. The molecule has 0 aliphatic carbocycles. The van der Waals surface area contributed by atoms with Crippen molar-refractivity contribution in [1.29, 1.82) is 0 Å². The lowest BCUT2D eigenvalue weighted by Gasteiger charge is -2.10. The van der Waals surface area contributed by atoms with Crippen molar-refractivity contribution in [1.82, 2.24) is 9.97 Å². The second-order valence-corrected chi connectivity index (χ2v) is 6.57. The topological polar surface area (TPSA) is 54.9 Å². The molecule has 0 spiro atoms. The van der Waals surface area contributed by atoms with Crippen LogP contribution in [0.25, 0.3) is 17.3 Å². The first kappa shape index (κ1) is 19.4. The average Bonchev–Trinajstić information content (AvgIpc) is 2.65. The van der Waals surface area contributed by atoms with E-state index in [0.717, 1.165) is 11.1 Å². The monoisotopic (exact) mass is 379 g/mol. The van der Waals surface area contributed by atoms with Crippen LogP contribution in [0.3, 0.4) is 0 Å². The molecular weight excluding hydrogens is 360 g/mol. The fourth-order valence-corrected chi connectivity index (χ4v) is 2.60. The Kier molecular flexibility index (Phi) is 5.89. The predicted molar refractivity (Wildman–Crippen MR) is 105 cm³/mol. The SMILES string of the molecule is CC(C)=Cc1nc(-c2ccc(F)cc2)cnc1NC(=O)Cc1ccc(F)cc1. The molecule has 6 heteroatoms. The molecule has 3 aromatic rings. The van der Waals surface area contributed by atoms with Gasteiger partial charge in [-0.15, -0.1) is 0 Å². The van der Waals surface area contributed by atoms with E-state index < -0.39 is 0 Å². The second-order valence-electron chi connectivity index (χ2n) is 6.57. The van der Waals surface area contributed by atoms with Crippen molar-refractivity contribution in [3.63, 3.8) is 0 Å². The highest BCUT2D eigenvalue weighted by atomic mass is 19.1. The van der Waals surface area contributed by atoms with E-state index in [0.29, 0.717) is 22.8 Å². The summed E-state index contributed by atoms with van der Waals surface area (Å²) in [5.74, 6) is -0.624. The van der Waals surface area contributed by atoms with Crippen LogP contribution in [-0.4, -0.2) is 15.9 Å². The highest BCUT2D eigenvalue weighted by molar-refractivity contribution is 5.93.